The van der Waals surface area contributed by atoms with Crippen molar-refractivity contribution in [2.75, 3.05) is 13.2 Å². The average Bonchev–Trinajstić information content (AvgIpc) is 2.12. The van der Waals surface area contributed by atoms with Crippen LogP contribution in [0.25, 0.3) is 0 Å². The van der Waals surface area contributed by atoms with Gasteiger partial charge in [-0.15, -0.1) is 0 Å². The highest BCUT2D eigenvalue weighted by molar-refractivity contribution is 5.77. The standard InChI is InChI=1S/C11H22N2O2/c1-3-15-8-9(2)13-10(14)7-11(12)5-4-6-11/h9H,3-8,12H2,1-2H3,(H,13,14). The van der Waals surface area contributed by atoms with Gasteiger partial charge in [0.25, 0.3) is 0 Å². The van der Waals surface area contributed by atoms with Crippen molar-refractivity contribution in [2.45, 2.75) is 51.1 Å². The summed E-state index contributed by atoms with van der Waals surface area (Å²) in [5.74, 6) is 0.0457. The molecule has 0 spiro atoms. The highest BCUT2D eigenvalue weighted by atomic mass is 16.5. The molecule has 0 aromatic carbocycles. The van der Waals surface area contributed by atoms with Crippen LogP contribution in [0.3, 0.4) is 0 Å². The second-order valence-corrected chi connectivity index (χ2v) is 4.52. The number of hydrogen-bond acceptors (Lipinski definition) is 3. The van der Waals surface area contributed by atoms with Gasteiger partial charge in [0.2, 0.25) is 5.91 Å². The first-order valence-corrected chi connectivity index (χ1v) is 5.72. The van der Waals surface area contributed by atoms with Crippen molar-refractivity contribution < 1.29 is 9.53 Å². The van der Waals surface area contributed by atoms with E-state index in [4.69, 9.17) is 10.5 Å². The van der Waals surface area contributed by atoms with Gasteiger partial charge in [-0.25, -0.2) is 0 Å². The van der Waals surface area contributed by atoms with E-state index in [2.05, 4.69) is 5.32 Å². The number of carbonyl (C=O) groups is 1. The fourth-order valence-corrected chi connectivity index (χ4v) is 1.79. The predicted molar refractivity (Wildman–Crippen MR) is 59.5 cm³/mol. The molecule has 1 unspecified atom stereocenters. The van der Waals surface area contributed by atoms with Gasteiger partial charge >= 0.3 is 0 Å². The summed E-state index contributed by atoms with van der Waals surface area (Å²) in [5.41, 5.74) is 5.76. The maximum absolute atomic E-state index is 11.6. The molecule has 1 amide bonds. The van der Waals surface area contributed by atoms with Crippen LogP contribution in [-0.4, -0.2) is 30.7 Å². The summed E-state index contributed by atoms with van der Waals surface area (Å²) in [5, 5.41) is 2.90. The van der Waals surface area contributed by atoms with Crippen molar-refractivity contribution in [1.29, 1.82) is 0 Å². The van der Waals surface area contributed by atoms with Gasteiger partial charge in [0.1, 0.15) is 0 Å². The lowest BCUT2D eigenvalue weighted by molar-refractivity contribution is -0.124. The molecule has 1 rings (SSSR count). The molecule has 0 aromatic heterocycles. The lowest BCUT2D eigenvalue weighted by Gasteiger charge is -2.37. The second-order valence-electron chi connectivity index (χ2n) is 4.52. The summed E-state index contributed by atoms with van der Waals surface area (Å²) in [6.07, 6.45) is 3.54. The fraction of sp³-hybridized carbons (Fsp3) is 0.909. The Hall–Kier alpha value is -0.610. The van der Waals surface area contributed by atoms with Crippen LogP contribution >= 0.6 is 0 Å². The summed E-state index contributed by atoms with van der Waals surface area (Å²) in [4.78, 5) is 11.6. The molecule has 4 heteroatoms. The monoisotopic (exact) mass is 214 g/mol. The first-order valence-electron chi connectivity index (χ1n) is 5.72. The third-order valence-electron chi connectivity index (χ3n) is 2.84. The second kappa shape index (κ2) is 5.47. The summed E-state index contributed by atoms with van der Waals surface area (Å²) in [6.45, 7) is 5.14. The summed E-state index contributed by atoms with van der Waals surface area (Å²) in [6, 6.07) is 0.0705. The van der Waals surface area contributed by atoms with E-state index in [0.717, 1.165) is 19.3 Å². The van der Waals surface area contributed by atoms with Gasteiger partial charge in [0.15, 0.2) is 0 Å². The van der Waals surface area contributed by atoms with Gasteiger partial charge in [0.05, 0.1) is 6.61 Å². The smallest absolute Gasteiger partial charge is 0.222 e. The molecule has 1 fully saturated rings. The number of carbonyl (C=O) groups excluding carboxylic acids is 1. The van der Waals surface area contributed by atoms with E-state index in [0.29, 0.717) is 19.6 Å². The Morgan fingerprint density at radius 2 is 2.27 bits per heavy atom. The molecule has 0 saturated heterocycles. The van der Waals surface area contributed by atoms with Gasteiger partial charge in [-0.05, 0) is 33.1 Å². The maximum Gasteiger partial charge on any atom is 0.222 e. The van der Waals surface area contributed by atoms with E-state index in [-0.39, 0.29) is 17.5 Å². The zero-order valence-corrected chi connectivity index (χ0v) is 9.71. The van der Waals surface area contributed by atoms with Crippen molar-refractivity contribution in [3.05, 3.63) is 0 Å². The largest absolute Gasteiger partial charge is 0.380 e. The molecule has 4 nitrogen and oxygen atoms in total. The van der Waals surface area contributed by atoms with Crippen LogP contribution < -0.4 is 11.1 Å². The molecule has 0 heterocycles. The Morgan fingerprint density at radius 3 is 2.73 bits per heavy atom. The van der Waals surface area contributed by atoms with Crippen LogP contribution in [0.5, 0.6) is 0 Å². The van der Waals surface area contributed by atoms with Crippen molar-refractivity contribution >= 4 is 5.91 Å². The number of nitrogens with one attached hydrogen (secondary N) is 1. The third-order valence-corrected chi connectivity index (χ3v) is 2.84. The minimum atomic E-state index is -0.227. The van der Waals surface area contributed by atoms with E-state index in [1.165, 1.54) is 0 Å². The van der Waals surface area contributed by atoms with Crippen LogP contribution in [-0.2, 0) is 9.53 Å². The maximum atomic E-state index is 11.6. The highest BCUT2D eigenvalue weighted by Gasteiger charge is 2.34. The first-order chi connectivity index (χ1) is 7.06. The molecule has 15 heavy (non-hydrogen) atoms. The van der Waals surface area contributed by atoms with Crippen LogP contribution in [0.4, 0.5) is 0 Å². The van der Waals surface area contributed by atoms with Crippen molar-refractivity contribution in [1.82, 2.24) is 5.32 Å². The van der Waals surface area contributed by atoms with Crippen LogP contribution in [0.2, 0.25) is 0 Å². The lowest BCUT2D eigenvalue weighted by atomic mass is 9.75. The fourth-order valence-electron chi connectivity index (χ4n) is 1.79. The van der Waals surface area contributed by atoms with Gasteiger partial charge in [0, 0.05) is 24.6 Å². The van der Waals surface area contributed by atoms with E-state index in [9.17, 15) is 4.79 Å². The van der Waals surface area contributed by atoms with Gasteiger partial charge in [-0.2, -0.15) is 0 Å². The molecule has 1 aliphatic rings. The molecule has 1 aliphatic carbocycles. The Labute approximate surface area is 91.5 Å². The molecule has 0 bridgehead atoms. The van der Waals surface area contributed by atoms with Crippen LogP contribution in [0, 0.1) is 0 Å². The lowest BCUT2D eigenvalue weighted by Crippen LogP contribution is -2.51. The molecule has 0 aromatic rings. The molecule has 1 atom stereocenters. The Kier molecular flexibility index (Phi) is 4.54. The minimum absolute atomic E-state index is 0.0457. The normalized spacial score (nSPS) is 20.5. The number of ether oxygens (including phenoxy) is 1. The Balaban J connectivity index is 2.17. The molecule has 3 N–H and O–H groups in total. The summed E-state index contributed by atoms with van der Waals surface area (Å²) >= 11 is 0. The minimum Gasteiger partial charge on any atom is -0.380 e. The molecule has 88 valence electrons. The molecule has 0 radical (unpaired) electrons. The highest BCUT2D eigenvalue weighted by Crippen LogP contribution is 2.31. The average molecular weight is 214 g/mol. The first kappa shape index (κ1) is 12.5. The summed E-state index contributed by atoms with van der Waals surface area (Å²) < 4.78 is 5.22. The Bertz CT molecular complexity index is 215. The van der Waals surface area contributed by atoms with Crippen molar-refractivity contribution in [3.63, 3.8) is 0 Å². The number of amides is 1. The topological polar surface area (TPSA) is 64.3 Å². The zero-order valence-electron chi connectivity index (χ0n) is 9.71. The van der Waals surface area contributed by atoms with E-state index in [1.54, 1.807) is 0 Å². The predicted octanol–water partition coefficient (Wildman–Crippen LogP) is 0.799. The number of rotatable bonds is 6. The zero-order chi connectivity index (χ0) is 11.3. The Morgan fingerprint density at radius 1 is 1.60 bits per heavy atom. The van der Waals surface area contributed by atoms with Gasteiger partial charge in [-0.3, -0.25) is 4.79 Å². The number of nitrogens with two attached hydrogens (primary N) is 1. The molecular formula is C11H22N2O2. The van der Waals surface area contributed by atoms with Crippen LogP contribution in [0.1, 0.15) is 39.5 Å². The van der Waals surface area contributed by atoms with Gasteiger partial charge in [-0.1, -0.05) is 0 Å². The van der Waals surface area contributed by atoms with Crippen molar-refractivity contribution in [3.8, 4) is 0 Å². The third kappa shape index (κ3) is 4.18. The number of hydrogen-bond donors (Lipinski definition) is 2. The molecular weight excluding hydrogens is 192 g/mol. The van der Waals surface area contributed by atoms with Crippen LogP contribution in [0.15, 0.2) is 0 Å². The quantitative estimate of drug-likeness (QED) is 0.687. The molecule has 1 saturated carbocycles. The van der Waals surface area contributed by atoms with E-state index in [1.807, 2.05) is 13.8 Å². The van der Waals surface area contributed by atoms with Gasteiger partial charge < -0.3 is 15.8 Å². The summed E-state index contributed by atoms with van der Waals surface area (Å²) in [7, 11) is 0. The SMILES string of the molecule is CCOCC(C)NC(=O)CC1(N)CCC1. The van der Waals surface area contributed by atoms with E-state index < -0.39 is 0 Å². The van der Waals surface area contributed by atoms with E-state index >= 15 is 0 Å². The molecule has 0 aliphatic heterocycles. The van der Waals surface area contributed by atoms with Crippen molar-refractivity contribution in [2.24, 2.45) is 5.73 Å².